The fourth-order valence-electron chi connectivity index (χ4n) is 1.22. The topological polar surface area (TPSA) is 68.0 Å². The highest BCUT2D eigenvalue weighted by Crippen LogP contribution is 2.18. The van der Waals surface area contributed by atoms with Crippen LogP contribution in [-0.4, -0.2) is 10.9 Å². The van der Waals surface area contributed by atoms with Gasteiger partial charge in [-0.3, -0.25) is 4.79 Å². The first-order valence-electron chi connectivity index (χ1n) is 4.69. The van der Waals surface area contributed by atoms with E-state index in [1.807, 2.05) is 12.3 Å². The van der Waals surface area contributed by atoms with Gasteiger partial charge in [0.2, 0.25) is 0 Å². The van der Waals surface area contributed by atoms with Crippen molar-refractivity contribution in [3.05, 3.63) is 32.4 Å². The maximum absolute atomic E-state index is 11.7. The Morgan fingerprint density at radius 2 is 2.38 bits per heavy atom. The summed E-state index contributed by atoms with van der Waals surface area (Å²) in [5, 5.41) is 7.46. The summed E-state index contributed by atoms with van der Waals surface area (Å²) < 4.78 is 0. The normalized spacial score (nSPS) is 10.3. The summed E-state index contributed by atoms with van der Waals surface area (Å²) in [6, 6.07) is 1.73. The number of hydrogen-bond donors (Lipinski definition) is 2. The molecule has 16 heavy (non-hydrogen) atoms. The van der Waals surface area contributed by atoms with Crippen molar-refractivity contribution in [1.29, 1.82) is 0 Å². The Kier molecular flexibility index (Phi) is 3.21. The minimum atomic E-state index is -0.139. The quantitative estimate of drug-likeness (QED) is 0.879. The molecule has 0 aromatic carbocycles. The van der Waals surface area contributed by atoms with Gasteiger partial charge in [-0.2, -0.15) is 0 Å². The molecule has 0 fully saturated rings. The lowest BCUT2D eigenvalue weighted by molar-refractivity contribution is 0.0955. The van der Waals surface area contributed by atoms with Crippen molar-refractivity contribution < 1.29 is 4.79 Å². The zero-order valence-corrected chi connectivity index (χ0v) is 10.3. The number of carbonyl (C=O) groups is 1. The third kappa shape index (κ3) is 2.40. The molecule has 2 aromatic heterocycles. The Labute approximate surface area is 101 Å². The van der Waals surface area contributed by atoms with Gasteiger partial charge in [-0.1, -0.05) is 0 Å². The van der Waals surface area contributed by atoms with Crippen LogP contribution in [-0.2, 0) is 6.54 Å². The van der Waals surface area contributed by atoms with Gasteiger partial charge in [0.05, 0.1) is 12.2 Å². The molecule has 0 aliphatic rings. The maximum Gasteiger partial charge on any atom is 0.263 e. The Morgan fingerprint density at radius 3 is 2.94 bits per heavy atom. The first-order chi connectivity index (χ1) is 7.66. The molecule has 1 amide bonds. The van der Waals surface area contributed by atoms with E-state index in [-0.39, 0.29) is 5.91 Å². The van der Waals surface area contributed by atoms with Crippen LogP contribution in [0.1, 0.15) is 20.4 Å². The minimum Gasteiger partial charge on any atom is -0.397 e. The van der Waals surface area contributed by atoms with E-state index in [2.05, 4.69) is 10.3 Å². The summed E-state index contributed by atoms with van der Waals surface area (Å²) in [6.07, 6.45) is 0. The molecule has 2 rings (SSSR count). The van der Waals surface area contributed by atoms with Crippen LogP contribution in [0.4, 0.5) is 5.69 Å². The molecule has 6 heteroatoms. The standard InChI is InChI=1S/C10H11N3OS2/c1-6-5-16-8(13-6)4-12-10(14)9-7(11)2-3-15-9/h2-3,5H,4,11H2,1H3,(H,12,14). The van der Waals surface area contributed by atoms with Gasteiger partial charge in [-0.15, -0.1) is 22.7 Å². The number of aromatic nitrogens is 1. The van der Waals surface area contributed by atoms with Crippen molar-refractivity contribution >= 4 is 34.3 Å². The summed E-state index contributed by atoms with van der Waals surface area (Å²) in [6.45, 7) is 2.38. The van der Waals surface area contributed by atoms with Crippen LogP contribution in [0.5, 0.6) is 0 Å². The Morgan fingerprint density at radius 1 is 1.56 bits per heavy atom. The average molecular weight is 253 g/mol. The van der Waals surface area contributed by atoms with Crippen LogP contribution in [0.15, 0.2) is 16.8 Å². The summed E-state index contributed by atoms with van der Waals surface area (Å²) >= 11 is 2.88. The highest BCUT2D eigenvalue weighted by atomic mass is 32.1. The summed E-state index contributed by atoms with van der Waals surface area (Å²) in [7, 11) is 0. The van der Waals surface area contributed by atoms with E-state index < -0.39 is 0 Å². The zero-order chi connectivity index (χ0) is 11.5. The van der Waals surface area contributed by atoms with E-state index in [1.165, 1.54) is 22.7 Å². The molecule has 0 atom stereocenters. The van der Waals surface area contributed by atoms with Crippen LogP contribution in [0, 0.1) is 6.92 Å². The summed E-state index contributed by atoms with van der Waals surface area (Å²) in [5.41, 5.74) is 7.15. The number of nitrogen functional groups attached to an aromatic ring is 1. The average Bonchev–Trinajstić information content (AvgIpc) is 2.84. The van der Waals surface area contributed by atoms with Gasteiger partial charge >= 0.3 is 0 Å². The van der Waals surface area contributed by atoms with Gasteiger partial charge in [0.25, 0.3) is 5.91 Å². The van der Waals surface area contributed by atoms with E-state index in [0.29, 0.717) is 17.1 Å². The van der Waals surface area contributed by atoms with Crippen LogP contribution >= 0.6 is 22.7 Å². The number of thiophene rings is 1. The first kappa shape index (κ1) is 11.1. The second kappa shape index (κ2) is 4.63. The zero-order valence-electron chi connectivity index (χ0n) is 8.69. The monoisotopic (exact) mass is 253 g/mol. The second-order valence-corrected chi connectivity index (χ2v) is 5.13. The number of amides is 1. The van der Waals surface area contributed by atoms with Crippen molar-refractivity contribution in [2.45, 2.75) is 13.5 Å². The van der Waals surface area contributed by atoms with Crippen LogP contribution < -0.4 is 11.1 Å². The van der Waals surface area contributed by atoms with Crippen molar-refractivity contribution in [2.24, 2.45) is 0 Å². The molecule has 0 saturated carbocycles. The number of nitrogens with two attached hydrogens (primary N) is 1. The lowest BCUT2D eigenvalue weighted by Crippen LogP contribution is -2.22. The van der Waals surface area contributed by atoms with Crippen LogP contribution in [0.3, 0.4) is 0 Å². The third-order valence-corrected chi connectivity index (χ3v) is 3.86. The molecule has 0 saturated heterocycles. The van der Waals surface area contributed by atoms with E-state index in [9.17, 15) is 4.79 Å². The van der Waals surface area contributed by atoms with Gasteiger partial charge in [-0.05, 0) is 18.4 Å². The van der Waals surface area contributed by atoms with Crippen LogP contribution in [0.25, 0.3) is 0 Å². The van der Waals surface area contributed by atoms with Gasteiger partial charge in [-0.25, -0.2) is 4.98 Å². The van der Waals surface area contributed by atoms with Crippen molar-refractivity contribution in [3.63, 3.8) is 0 Å². The predicted molar refractivity (Wildman–Crippen MR) is 66.8 cm³/mol. The van der Waals surface area contributed by atoms with Gasteiger partial charge in [0.15, 0.2) is 0 Å². The van der Waals surface area contributed by atoms with E-state index >= 15 is 0 Å². The second-order valence-electron chi connectivity index (χ2n) is 3.27. The van der Waals surface area contributed by atoms with E-state index in [0.717, 1.165) is 10.7 Å². The highest BCUT2D eigenvalue weighted by Gasteiger charge is 2.11. The first-order valence-corrected chi connectivity index (χ1v) is 6.45. The number of rotatable bonds is 3. The number of nitrogens with zero attached hydrogens (tertiary/aromatic N) is 1. The molecule has 0 aliphatic heterocycles. The lowest BCUT2D eigenvalue weighted by atomic mass is 10.4. The summed E-state index contributed by atoms with van der Waals surface area (Å²) in [5.74, 6) is -0.139. The highest BCUT2D eigenvalue weighted by molar-refractivity contribution is 7.12. The molecule has 3 N–H and O–H groups in total. The molecule has 0 aliphatic carbocycles. The molecule has 0 unspecified atom stereocenters. The fourth-order valence-corrected chi connectivity index (χ4v) is 2.67. The Bertz CT molecular complexity index is 504. The van der Waals surface area contributed by atoms with Gasteiger partial charge in [0, 0.05) is 11.1 Å². The predicted octanol–water partition coefficient (Wildman–Crippen LogP) is 2.03. The number of anilines is 1. The Balaban J connectivity index is 1.96. The van der Waals surface area contributed by atoms with Gasteiger partial charge in [0.1, 0.15) is 9.88 Å². The molecule has 2 aromatic rings. The molecule has 84 valence electrons. The molecule has 2 heterocycles. The molecule has 0 bridgehead atoms. The lowest BCUT2D eigenvalue weighted by Gasteiger charge is -2.01. The van der Waals surface area contributed by atoms with E-state index in [4.69, 9.17) is 5.73 Å². The molecule has 4 nitrogen and oxygen atoms in total. The maximum atomic E-state index is 11.7. The third-order valence-electron chi connectivity index (χ3n) is 1.97. The summed E-state index contributed by atoms with van der Waals surface area (Å²) in [4.78, 5) is 16.5. The van der Waals surface area contributed by atoms with Crippen molar-refractivity contribution in [2.75, 3.05) is 5.73 Å². The molecular formula is C10H11N3OS2. The molecule has 0 spiro atoms. The van der Waals surface area contributed by atoms with Crippen molar-refractivity contribution in [1.82, 2.24) is 10.3 Å². The number of nitrogens with one attached hydrogen (secondary N) is 1. The van der Waals surface area contributed by atoms with Gasteiger partial charge < -0.3 is 11.1 Å². The number of hydrogen-bond acceptors (Lipinski definition) is 5. The van der Waals surface area contributed by atoms with Crippen LogP contribution in [0.2, 0.25) is 0 Å². The smallest absolute Gasteiger partial charge is 0.263 e. The fraction of sp³-hybridized carbons (Fsp3) is 0.200. The number of carbonyl (C=O) groups excluding carboxylic acids is 1. The Hall–Kier alpha value is -1.40. The minimum absolute atomic E-state index is 0.139. The number of aryl methyl sites for hydroxylation is 1. The molecular weight excluding hydrogens is 242 g/mol. The van der Waals surface area contributed by atoms with Crippen molar-refractivity contribution in [3.8, 4) is 0 Å². The largest absolute Gasteiger partial charge is 0.397 e. The number of thiazole rings is 1. The van der Waals surface area contributed by atoms with E-state index in [1.54, 1.807) is 11.4 Å². The molecule has 0 radical (unpaired) electrons. The SMILES string of the molecule is Cc1csc(CNC(=O)c2sccc2N)n1.